The van der Waals surface area contributed by atoms with Gasteiger partial charge in [-0.15, -0.1) is 5.10 Å². The monoisotopic (exact) mass is 317 g/mol. The highest BCUT2D eigenvalue weighted by molar-refractivity contribution is 5.76. The summed E-state index contributed by atoms with van der Waals surface area (Å²) in [6.45, 7) is 4.72. The Balaban J connectivity index is 1.77. The number of nitrogens with zero attached hydrogens (tertiary/aromatic N) is 3. The molecule has 0 N–H and O–H groups in total. The maximum absolute atomic E-state index is 12.5. The summed E-state index contributed by atoms with van der Waals surface area (Å²) >= 11 is 0. The maximum Gasteiger partial charge on any atom is 0.437 e. The Morgan fingerprint density at radius 1 is 1.30 bits per heavy atom. The van der Waals surface area contributed by atoms with E-state index in [-0.39, 0.29) is 30.5 Å². The number of morpholine rings is 1. The molecular weight excluding hydrogens is 298 g/mol. The molecule has 0 unspecified atom stereocenters. The van der Waals surface area contributed by atoms with Crippen molar-refractivity contribution in [2.75, 3.05) is 13.2 Å². The zero-order valence-electron chi connectivity index (χ0n) is 13.1. The standard InChI is InChI=1S/C16H19N3O4/c1-11-10-22-12(2)8-18(11)14(20)9-19-16(21)23-15(17-19)13-6-4-3-5-7-13/h3-7,11-12H,8-10H2,1-2H3/t11-,12-/m0/s1. The summed E-state index contributed by atoms with van der Waals surface area (Å²) in [7, 11) is 0. The van der Waals surface area contributed by atoms with Gasteiger partial charge in [0.15, 0.2) is 0 Å². The van der Waals surface area contributed by atoms with E-state index in [0.29, 0.717) is 18.7 Å². The van der Waals surface area contributed by atoms with Gasteiger partial charge in [-0.25, -0.2) is 4.79 Å². The predicted molar refractivity (Wildman–Crippen MR) is 82.8 cm³/mol. The lowest BCUT2D eigenvalue weighted by molar-refractivity contribution is -0.144. The molecular formula is C16H19N3O4. The van der Waals surface area contributed by atoms with E-state index in [1.807, 2.05) is 32.0 Å². The number of carbonyl (C=O) groups excluding carboxylic acids is 1. The fourth-order valence-electron chi connectivity index (χ4n) is 2.57. The summed E-state index contributed by atoms with van der Waals surface area (Å²) < 4.78 is 11.7. The van der Waals surface area contributed by atoms with Crippen LogP contribution in [0.5, 0.6) is 0 Å². The van der Waals surface area contributed by atoms with Crippen molar-refractivity contribution in [2.24, 2.45) is 0 Å². The number of hydrogen-bond donors (Lipinski definition) is 0. The van der Waals surface area contributed by atoms with Crippen LogP contribution < -0.4 is 5.76 Å². The molecule has 1 fully saturated rings. The molecule has 23 heavy (non-hydrogen) atoms. The normalized spacial score (nSPS) is 21.4. The third kappa shape index (κ3) is 3.34. The zero-order chi connectivity index (χ0) is 16.4. The fourth-order valence-corrected chi connectivity index (χ4v) is 2.57. The van der Waals surface area contributed by atoms with Crippen molar-refractivity contribution in [3.8, 4) is 11.5 Å². The lowest BCUT2D eigenvalue weighted by Gasteiger charge is -2.36. The molecule has 7 nitrogen and oxygen atoms in total. The van der Waals surface area contributed by atoms with Crippen molar-refractivity contribution in [2.45, 2.75) is 32.5 Å². The van der Waals surface area contributed by atoms with Gasteiger partial charge in [-0.05, 0) is 26.0 Å². The summed E-state index contributed by atoms with van der Waals surface area (Å²) in [5.74, 6) is -0.583. The van der Waals surface area contributed by atoms with Gasteiger partial charge in [-0.2, -0.15) is 4.68 Å². The third-order valence-corrected chi connectivity index (χ3v) is 3.84. The van der Waals surface area contributed by atoms with E-state index in [0.717, 1.165) is 4.68 Å². The molecule has 1 aliphatic rings. The summed E-state index contributed by atoms with van der Waals surface area (Å²) in [5, 5.41) is 4.12. The van der Waals surface area contributed by atoms with E-state index in [2.05, 4.69) is 5.10 Å². The van der Waals surface area contributed by atoms with Crippen LogP contribution in [0, 0.1) is 0 Å². The van der Waals surface area contributed by atoms with E-state index < -0.39 is 5.76 Å². The largest absolute Gasteiger partial charge is 0.437 e. The minimum absolute atomic E-state index is 0.0101. The lowest BCUT2D eigenvalue weighted by atomic mass is 10.2. The molecule has 2 aromatic rings. The van der Waals surface area contributed by atoms with Crippen LogP contribution in [0.4, 0.5) is 0 Å². The molecule has 122 valence electrons. The van der Waals surface area contributed by atoms with Crippen molar-refractivity contribution in [3.05, 3.63) is 40.9 Å². The first-order valence-electron chi connectivity index (χ1n) is 7.59. The van der Waals surface area contributed by atoms with Crippen LogP contribution in [0.25, 0.3) is 11.5 Å². The average Bonchev–Trinajstić information content (AvgIpc) is 2.91. The van der Waals surface area contributed by atoms with Gasteiger partial charge in [0, 0.05) is 12.1 Å². The van der Waals surface area contributed by atoms with Gasteiger partial charge < -0.3 is 14.1 Å². The first kappa shape index (κ1) is 15.5. The molecule has 3 rings (SSSR count). The van der Waals surface area contributed by atoms with Crippen LogP contribution in [-0.2, 0) is 16.1 Å². The molecule has 1 aromatic carbocycles. The van der Waals surface area contributed by atoms with Gasteiger partial charge in [0.1, 0.15) is 6.54 Å². The van der Waals surface area contributed by atoms with Gasteiger partial charge in [-0.3, -0.25) is 4.79 Å². The van der Waals surface area contributed by atoms with E-state index in [9.17, 15) is 9.59 Å². The molecule has 0 radical (unpaired) electrons. The molecule has 2 heterocycles. The summed E-state index contributed by atoms with van der Waals surface area (Å²) in [6.07, 6.45) is -0.0101. The summed E-state index contributed by atoms with van der Waals surface area (Å²) in [6, 6.07) is 9.09. The number of hydrogen-bond acceptors (Lipinski definition) is 5. The molecule has 1 aliphatic heterocycles. The van der Waals surface area contributed by atoms with Gasteiger partial charge in [0.2, 0.25) is 11.8 Å². The Morgan fingerprint density at radius 3 is 2.78 bits per heavy atom. The second kappa shape index (κ2) is 6.37. The second-order valence-electron chi connectivity index (χ2n) is 5.74. The number of ether oxygens (including phenoxy) is 1. The molecule has 0 aliphatic carbocycles. The van der Waals surface area contributed by atoms with Crippen molar-refractivity contribution in [1.82, 2.24) is 14.7 Å². The molecule has 1 aromatic heterocycles. The smallest absolute Gasteiger partial charge is 0.388 e. The molecule has 1 saturated heterocycles. The zero-order valence-corrected chi connectivity index (χ0v) is 13.1. The Hall–Kier alpha value is -2.41. The molecule has 0 bridgehead atoms. The maximum atomic E-state index is 12.5. The van der Waals surface area contributed by atoms with Crippen LogP contribution >= 0.6 is 0 Å². The second-order valence-corrected chi connectivity index (χ2v) is 5.74. The first-order chi connectivity index (χ1) is 11.0. The average molecular weight is 317 g/mol. The fraction of sp³-hybridized carbons (Fsp3) is 0.438. The topological polar surface area (TPSA) is 77.6 Å². The Labute approximate surface area is 133 Å². The van der Waals surface area contributed by atoms with Crippen LogP contribution in [0.2, 0.25) is 0 Å². The highest BCUT2D eigenvalue weighted by Gasteiger charge is 2.28. The molecule has 1 amide bonds. The highest BCUT2D eigenvalue weighted by Crippen LogP contribution is 2.15. The van der Waals surface area contributed by atoms with E-state index >= 15 is 0 Å². The van der Waals surface area contributed by atoms with Crippen molar-refractivity contribution in [1.29, 1.82) is 0 Å². The van der Waals surface area contributed by atoms with E-state index in [1.54, 1.807) is 17.0 Å². The minimum atomic E-state index is -0.633. The molecule has 2 atom stereocenters. The SMILES string of the molecule is C[C@H]1CN(C(=O)Cn2nc(-c3ccccc3)oc2=O)[C@@H](C)CO1. The number of carbonyl (C=O) groups is 1. The first-order valence-corrected chi connectivity index (χ1v) is 7.59. The Kier molecular flexibility index (Phi) is 4.29. The summed E-state index contributed by atoms with van der Waals surface area (Å²) in [4.78, 5) is 26.1. The van der Waals surface area contributed by atoms with Crippen LogP contribution in [0.3, 0.4) is 0 Å². The number of benzene rings is 1. The molecule has 7 heteroatoms. The van der Waals surface area contributed by atoms with Gasteiger partial charge in [0.25, 0.3) is 0 Å². The van der Waals surface area contributed by atoms with Crippen molar-refractivity contribution >= 4 is 5.91 Å². The van der Waals surface area contributed by atoms with Crippen LogP contribution in [-0.4, -0.2) is 45.9 Å². The number of aromatic nitrogens is 2. The summed E-state index contributed by atoms with van der Waals surface area (Å²) in [5.41, 5.74) is 0.698. The van der Waals surface area contributed by atoms with Crippen molar-refractivity contribution < 1.29 is 13.9 Å². The lowest BCUT2D eigenvalue weighted by Crippen LogP contribution is -2.51. The quantitative estimate of drug-likeness (QED) is 0.848. The predicted octanol–water partition coefficient (Wildman–Crippen LogP) is 1.14. The van der Waals surface area contributed by atoms with E-state index in [1.165, 1.54) is 0 Å². The Bertz CT molecular complexity index is 737. The van der Waals surface area contributed by atoms with Gasteiger partial charge in [0.05, 0.1) is 18.8 Å². The van der Waals surface area contributed by atoms with Gasteiger partial charge in [-0.1, -0.05) is 18.2 Å². The van der Waals surface area contributed by atoms with Crippen molar-refractivity contribution in [3.63, 3.8) is 0 Å². The number of amides is 1. The van der Waals surface area contributed by atoms with Crippen LogP contribution in [0.15, 0.2) is 39.5 Å². The third-order valence-electron chi connectivity index (χ3n) is 3.84. The van der Waals surface area contributed by atoms with Gasteiger partial charge >= 0.3 is 5.76 Å². The highest BCUT2D eigenvalue weighted by atomic mass is 16.5. The molecule has 0 saturated carbocycles. The molecule has 0 spiro atoms. The Morgan fingerprint density at radius 2 is 2.04 bits per heavy atom. The number of rotatable bonds is 3. The van der Waals surface area contributed by atoms with Crippen LogP contribution in [0.1, 0.15) is 13.8 Å². The minimum Gasteiger partial charge on any atom is -0.388 e. The van der Waals surface area contributed by atoms with E-state index in [4.69, 9.17) is 9.15 Å².